The fourth-order valence-electron chi connectivity index (χ4n) is 1.10. The molecule has 2 N–H and O–H groups in total. The zero-order chi connectivity index (χ0) is 7.84. The van der Waals surface area contributed by atoms with E-state index in [2.05, 4.69) is 9.97 Å². The van der Waals surface area contributed by atoms with Crippen LogP contribution in [0.2, 0.25) is 0 Å². The lowest BCUT2D eigenvalue weighted by molar-refractivity contribution is 0.458. The van der Waals surface area contributed by atoms with Crippen LogP contribution in [-0.2, 0) is 0 Å². The number of hydrogen-bond acceptors (Lipinski definition) is 2. The van der Waals surface area contributed by atoms with Crippen LogP contribution in [0.25, 0.3) is 11.0 Å². The minimum Gasteiger partial charge on any atom is -0.495 e. The normalized spacial score (nSPS) is 10.6. The van der Waals surface area contributed by atoms with Gasteiger partial charge in [-0.25, -0.2) is 0 Å². The molecular formula is C8H8N2O. The maximum atomic E-state index is 9.05. The summed E-state index contributed by atoms with van der Waals surface area (Å²) in [6.07, 6.45) is 0. The molecule has 0 spiro atoms. The summed E-state index contributed by atoms with van der Waals surface area (Å²) >= 11 is 0. The van der Waals surface area contributed by atoms with Gasteiger partial charge in [-0.2, -0.15) is 0 Å². The summed E-state index contributed by atoms with van der Waals surface area (Å²) in [6.45, 7) is 1.92. The van der Waals surface area contributed by atoms with Crippen molar-refractivity contribution in [1.82, 2.24) is 9.97 Å². The van der Waals surface area contributed by atoms with Crippen molar-refractivity contribution < 1.29 is 5.11 Å². The van der Waals surface area contributed by atoms with Gasteiger partial charge in [-0.05, 0) is 19.1 Å². The molecule has 2 rings (SSSR count). The molecule has 2 aromatic rings. The lowest BCUT2D eigenvalue weighted by Crippen LogP contribution is -1.78. The molecular weight excluding hydrogens is 140 g/mol. The SMILES string of the molecule is Cc1ccc2[nH]c(O)cc2n1. The van der Waals surface area contributed by atoms with Crippen molar-refractivity contribution in [2.45, 2.75) is 6.92 Å². The number of aromatic hydroxyl groups is 1. The molecule has 0 aliphatic rings. The van der Waals surface area contributed by atoms with Crippen molar-refractivity contribution >= 4 is 11.0 Å². The van der Waals surface area contributed by atoms with Gasteiger partial charge in [-0.1, -0.05) is 0 Å². The highest BCUT2D eigenvalue weighted by Crippen LogP contribution is 2.16. The van der Waals surface area contributed by atoms with E-state index >= 15 is 0 Å². The third kappa shape index (κ3) is 0.941. The lowest BCUT2D eigenvalue weighted by atomic mass is 10.3. The third-order valence-electron chi connectivity index (χ3n) is 1.60. The summed E-state index contributed by atoms with van der Waals surface area (Å²) in [5.74, 6) is 0.165. The van der Waals surface area contributed by atoms with Crippen molar-refractivity contribution in [3.05, 3.63) is 23.9 Å². The molecule has 0 unspecified atom stereocenters. The van der Waals surface area contributed by atoms with E-state index in [1.54, 1.807) is 6.07 Å². The highest BCUT2D eigenvalue weighted by Gasteiger charge is 1.98. The summed E-state index contributed by atoms with van der Waals surface area (Å²) in [4.78, 5) is 6.98. The fraction of sp³-hybridized carbons (Fsp3) is 0.125. The van der Waals surface area contributed by atoms with E-state index in [1.165, 1.54) is 0 Å². The maximum Gasteiger partial charge on any atom is 0.190 e. The molecule has 0 aliphatic heterocycles. The Labute approximate surface area is 63.7 Å². The molecule has 0 aliphatic carbocycles. The predicted octanol–water partition coefficient (Wildman–Crippen LogP) is 1.58. The van der Waals surface area contributed by atoms with Crippen molar-refractivity contribution in [1.29, 1.82) is 0 Å². The van der Waals surface area contributed by atoms with E-state index in [-0.39, 0.29) is 5.88 Å². The van der Waals surface area contributed by atoms with Gasteiger partial charge in [0.25, 0.3) is 0 Å². The Bertz CT molecular complexity index is 392. The maximum absolute atomic E-state index is 9.05. The zero-order valence-corrected chi connectivity index (χ0v) is 6.13. The number of aryl methyl sites for hydroxylation is 1. The van der Waals surface area contributed by atoms with Gasteiger partial charge in [0, 0.05) is 11.8 Å². The summed E-state index contributed by atoms with van der Waals surface area (Å²) in [7, 11) is 0. The van der Waals surface area contributed by atoms with Crippen molar-refractivity contribution in [3.8, 4) is 5.88 Å². The van der Waals surface area contributed by atoms with Crippen LogP contribution in [0.1, 0.15) is 5.69 Å². The minimum atomic E-state index is 0.165. The Morgan fingerprint density at radius 3 is 3.09 bits per heavy atom. The van der Waals surface area contributed by atoms with Crippen LogP contribution in [0, 0.1) is 6.92 Å². The monoisotopic (exact) mass is 148 g/mol. The number of nitrogens with zero attached hydrogens (tertiary/aromatic N) is 1. The molecule has 2 aromatic heterocycles. The van der Waals surface area contributed by atoms with Gasteiger partial charge in [0.05, 0.1) is 11.0 Å². The second-order valence-electron chi connectivity index (χ2n) is 2.54. The first-order chi connectivity index (χ1) is 5.25. The Morgan fingerprint density at radius 1 is 1.45 bits per heavy atom. The number of fused-ring (bicyclic) bond motifs is 1. The molecule has 0 bridgehead atoms. The van der Waals surface area contributed by atoms with Gasteiger partial charge in [-0.3, -0.25) is 4.98 Å². The molecule has 0 saturated carbocycles. The van der Waals surface area contributed by atoms with E-state index < -0.39 is 0 Å². The highest BCUT2D eigenvalue weighted by molar-refractivity contribution is 5.76. The van der Waals surface area contributed by atoms with Crippen molar-refractivity contribution in [2.24, 2.45) is 0 Å². The van der Waals surface area contributed by atoms with Crippen LogP contribution in [0.3, 0.4) is 0 Å². The second-order valence-corrected chi connectivity index (χ2v) is 2.54. The Hall–Kier alpha value is -1.51. The van der Waals surface area contributed by atoms with E-state index in [4.69, 9.17) is 5.11 Å². The van der Waals surface area contributed by atoms with E-state index in [9.17, 15) is 0 Å². The number of nitrogens with one attached hydrogen (secondary N) is 1. The smallest absolute Gasteiger partial charge is 0.190 e. The fourth-order valence-corrected chi connectivity index (χ4v) is 1.10. The summed E-state index contributed by atoms with van der Waals surface area (Å²) in [5.41, 5.74) is 2.63. The topological polar surface area (TPSA) is 48.9 Å². The largest absolute Gasteiger partial charge is 0.495 e. The average Bonchev–Trinajstić information content (AvgIpc) is 2.27. The molecule has 0 amide bonds. The zero-order valence-electron chi connectivity index (χ0n) is 6.13. The van der Waals surface area contributed by atoms with Crippen LogP contribution in [0.4, 0.5) is 0 Å². The number of aromatic nitrogens is 2. The van der Waals surface area contributed by atoms with Crippen LogP contribution < -0.4 is 0 Å². The van der Waals surface area contributed by atoms with Crippen molar-refractivity contribution in [2.75, 3.05) is 0 Å². The predicted molar refractivity (Wildman–Crippen MR) is 42.5 cm³/mol. The first-order valence-electron chi connectivity index (χ1n) is 3.41. The van der Waals surface area contributed by atoms with Gasteiger partial charge in [0.2, 0.25) is 0 Å². The van der Waals surface area contributed by atoms with Crippen LogP contribution in [-0.4, -0.2) is 15.1 Å². The van der Waals surface area contributed by atoms with Gasteiger partial charge in [-0.15, -0.1) is 0 Å². The quantitative estimate of drug-likeness (QED) is 0.595. The number of aromatic amines is 1. The highest BCUT2D eigenvalue weighted by atomic mass is 16.3. The first kappa shape index (κ1) is 6.22. The second kappa shape index (κ2) is 1.99. The Kier molecular flexibility index (Phi) is 1.12. The van der Waals surface area contributed by atoms with Crippen molar-refractivity contribution in [3.63, 3.8) is 0 Å². The van der Waals surface area contributed by atoms with Gasteiger partial charge in [0.15, 0.2) is 5.88 Å². The molecule has 0 atom stereocenters. The molecule has 2 heterocycles. The van der Waals surface area contributed by atoms with Crippen LogP contribution >= 0.6 is 0 Å². The molecule has 0 fully saturated rings. The summed E-state index contributed by atoms with van der Waals surface area (Å²) in [6, 6.07) is 5.41. The standard InChI is InChI=1S/C8H8N2O/c1-5-2-3-6-7(9-5)4-8(11)10-6/h2-4,10-11H,1H3. The molecule has 0 saturated heterocycles. The van der Waals surface area contributed by atoms with E-state index in [0.717, 1.165) is 16.7 Å². The summed E-state index contributed by atoms with van der Waals surface area (Å²) < 4.78 is 0. The first-order valence-corrected chi connectivity index (χ1v) is 3.41. The number of hydrogen-bond donors (Lipinski definition) is 2. The number of H-pyrrole nitrogens is 1. The van der Waals surface area contributed by atoms with Gasteiger partial charge < -0.3 is 10.1 Å². The summed E-state index contributed by atoms with van der Waals surface area (Å²) in [5, 5.41) is 9.05. The van der Waals surface area contributed by atoms with Gasteiger partial charge in [0.1, 0.15) is 0 Å². The van der Waals surface area contributed by atoms with Crippen LogP contribution in [0.15, 0.2) is 18.2 Å². The molecule has 0 aromatic carbocycles. The number of rotatable bonds is 0. The molecule has 0 radical (unpaired) electrons. The number of pyridine rings is 1. The van der Waals surface area contributed by atoms with Crippen LogP contribution in [0.5, 0.6) is 5.88 Å². The molecule has 3 heteroatoms. The Morgan fingerprint density at radius 2 is 2.27 bits per heavy atom. The lowest BCUT2D eigenvalue weighted by Gasteiger charge is -1.89. The average molecular weight is 148 g/mol. The third-order valence-corrected chi connectivity index (χ3v) is 1.60. The van der Waals surface area contributed by atoms with E-state index in [1.807, 2.05) is 19.1 Å². The van der Waals surface area contributed by atoms with Gasteiger partial charge >= 0.3 is 0 Å². The Balaban J connectivity index is 2.82. The minimum absolute atomic E-state index is 0.165. The molecule has 11 heavy (non-hydrogen) atoms. The molecule has 3 nitrogen and oxygen atoms in total. The molecule has 56 valence electrons. The van der Waals surface area contributed by atoms with E-state index in [0.29, 0.717) is 0 Å².